The summed E-state index contributed by atoms with van der Waals surface area (Å²) in [7, 11) is 0. The van der Waals surface area contributed by atoms with Crippen LogP contribution in [0.5, 0.6) is 0 Å². The van der Waals surface area contributed by atoms with Crippen LogP contribution in [-0.4, -0.2) is 31.1 Å². The maximum atomic E-state index is 13.2. The maximum absolute atomic E-state index is 13.2. The molecule has 1 saturated heterocycles. The molecule has 0 atom stereocenters. The molecule has 2 heterocycles. The van der Waals surface area contributed by atoms with Crippen LogP contribution in [-0.2, 0) is 12.0 Å². The van der Waals surface area contributed by atoms with Crippen LogP contribution in [0.2, 0.25) is 0 Å². The van der Waals surface area contributed by atoms with Crippen LogP contribution >= 0.6 is 0 Å². The number of piperazine rings is 1. The maximum Gasteiger partial charge on any atom is 0.336 e. The number of benzene rings is 2. The molecule has 29 heavy (non-hydrogen) atoms. The summed E-state index contributed by atoms with van der Waals surface area (Å²) >= 11 is 0. The molecule has 1 fully saturated rings. The molecule has 1 aliphatic rings. The molecular formula is C24H27FN2O2. The highest BCUT2D eigenvalue weighted by molar-refractivity contribution is 5.81. The smallest absolute Gasteiger partial charge is 0.336 e. The van der Waals surface area contributed by atoms with Gasteiger partial charge in [-0.05, 0) is 52.9 Å². The van der Waals surface area contributed by atoms with E-state index < -0.39 is 0 Å². The van der Waals surface area contributed by atoms with Gasteiger partial charge < -0.3 is 9.32 Å². The highest BCUT2D eigenvalue weighted by Gasteiger charge is 2.20. The fourth-order valence-corrected chi connectivity index (χ4v) is 3.88. The van der Waals surface area contributed by atoms with Crippen molar-refractivity contribution in [3.63, 3.8) is 0 Å². The minimum absolute atomic E-state index is 0.0301. The SMILES string of the molecule is CC(C)(C)c1ccc2oc(=O)cc(CN3CCN(c4ccc(F)cc4)CC3)c2c1. The summed E-state index contributed by atoms with van der Waals surface area (Å²) in [6.07, 6.45) is 0. The molecular weight excluding hydrogens is 367 g/mol. The molecule has 0 N–H and O–H groups in total. The van der Waals surface area contributed by atoms with Gasteiger partial charge in [-0.3, -0.25) is 4.90 Å². The normalized spacial score (nSPS) is 15.8. The zero-order chi connectivity index (χ0) is 20.6. The second-order valence-electron chi connectivity index (χ2n) is 8.79. The van der Waals surface area contributed by atoms with Crippen molar-refractivity contribution < 1.29 is 8.81 Å². The first kappa shape index (κ1) is 19.6. The Bertz CT molecular complexity index is 1060. The van der Waals surface area contributed by atoms with E-state index in [0.29, 0.717) is 12.1 Å². The van der Waals surface area contributed by atoms with Gasteiger partial charge in [0, 0.05) is 49.9 Å². The number of anilines is 1. The molecule has 152 valence electrons. The van der Waals surface area contributed by atoms with E-state index in [4.69, 9.17) is 4.42 Å². The van der Waals surface area contributed by atoms with Crippen LogP contribution in [0, 0.1) is 5.82 Å². The first-order valence-electron chi connectivity index (χ1n) is 10.1. The zero-order valence-electron chi connectivity index (χ0n) is 17.2. The first-order chi connectivity index (χ1) is 13.8. The standard InChI is InChI=1S/C24H27FN2O2/c1-24(2,3)18-4-9-22-21(15-18)17(14-23(28)29-22)16-26-10-12-27(13-11-26)20-7-5-19(25)6-8-20/h4-9,14-15H,10-13,16H2,1-3H3. The number of hydrogen-bond donors (Lipinski definition) is 0. The number of halogens is 1. The molecule has 4 nitrogen and oxygen atoms in total. The molecule has 1 aliphatic heterocycles. The zero-order valence-corrected chi connectivity index (χ0v) is 17.2. The van der Waals surface area contributed by atoms with Crippen LogP contribution < -0.4 is 10.5 Å². The topological polar surface area (TPSA) is 36.7 Å². The first-order valence-corrected chi connectivity index (χ1v) is 10.1. The van der Waals surface area contributed by atoms with Crippen LogP contribution in [0.25, 0.3) is 11.0 Å². The Balaban J connectivity index is 1.53. The van der Waals surface area contributed by atoms with Crippen LogP contribution in [0.3, 0.4) is 0 Å². The third-order valence-electron chi connectivity index (χ3n) is 5.65. The molecule has 3 aromatic rings. The van der Waals surface area contributed by atoms with Gasteiger partial charge in [0.2, 0.25) is 0 Å². The average Bonchev–Trinajstić information content (AvgIpc) is 2.68. The van der Waals surface area contributed by atoms with Gasteiger partial charge in [0.15, 0.2) is 0 Å². The molecule has 2 aromatic carbocycles. The molecule has 0 saturated carbocycles. The van der Waals surface area contributed by atoms with Gasteiger partial charge in [-0.15, -0.1) is 0 Å². The molecule has 4 rings (SSSR count). The monoisotopic (exact) mass is 394 g/mol. The predicted octanol–water partition coefficient (Wildman–Crippen LogP) is 4.55. The summed E-state index contributed by atoms with van der Waals surface area (Å²) in [6.45, 7) is 10.8. The van der Waals surface area contributed by atoms with Crippen molar-refractivity contribution in [3.8, 4) is 0 Å². The van der Waals surface area contributed by atoms with Crippen molar-refractivity contribution in [2.45, 2.75) is 32.7 Å². The van der Waals surface area contributed by atoms with Crippen LogP contribution in [0.4, 0.5) is 10.1 Å². The minimum atomic E-state index is -0.305. The quantitative estimate of drug-likeness (QED) is 0.611. The van der Waals surface area contributed by atoms with Crippen LogP contribution in [0.1, 0.15) is 31.9 Å². The van der Waals surface area contributed by atoms with E-state index in [0.717, 1.165) is 42.8 Å². The van der Waals surface area contributed by atoms with E-state index in [-0.39, 0.29) is 16.9 Å². The summed E-state index contributed by atoms with van der Waals surface area (Å²) in [5, 5.41) is 1.01. The molecule has 5 heteroatoms. The molecule has 0 spiro atoms. The van der Waals surface area contributed by atoms with Crippen LogP contribution in [0.15, 0.2) is 57.7 Å². The Morgan fingerprint density at radius 2 is 1.66 bits per heavy atom. The van der Waals surface area contributed by atoms with Gasteiger partial charge in [-0.1, -0.05) is 26.8 Å². The second kappa shape index (κ2) is 7.64. The van der Waals surface area contributed by atoms with E-state index >= 15 is 0 Å². The number of hydrogen-bond acceptors (Lipinski definition) is 4. The average molecular weight is 394 g/mol. The number of rotatable bonds is 3. The van der Waals surface area contributed by atoms with Gasteiger partial charge >= 0.3 is 5.63 Å². The van der Waals surface area contributed by atoms with E-state index in [1.54, 1.807) is 6.07 Å². The summed E-state index contributed by atoms with van der Waals surface area (Å²) in [5.74, 6) is -0.211. The highest BCUT2D eigenvalue weighted by atomic mass is 19.1. The number of nitrogens with zero attached hydrogens (tertiary/aromatic N) is 2. The van der Waals surface area contributed by atoms with Crippen molar-refractivity contribution >= 4 is 16.7 Å². The highest BCUT2D eigenvalue weighted by Crippen LogP contribution is 2.28. The molecule has 0 radical (unpaired) electrons. The lowest BCUT2D eigenvalue weighted by Gasteiger charge is -2.36. The van der Waals surface area contributed by atoms with Gasteiger partial charge in [0.05, 0.1) is 0 Å². The fraction of sp³-hybridized carbons (Fsp3) is 0.375. The lowest BCUT2D eigenvalue weighted by molar-refractivity contribution is 0.250. The van der Waals surface area contributed by atoms with E-state index in [9.17, 15) is 9.18 Å². The minimum Gasteiger partial charge on any atom is -0.423 e. The molecule has 0 unspecified atom stereocenters. The van der Waals surface area contributed by atoms with Crippen molar-refractivity contribution in [1.29, 1.82) is 0 Å². The molecule has 0 bridgehead atoms. The van der Waals surface area contributed by atoms with Gasteiger partial charge in [-0.2, -0.15) is 0 Å². The van der Waals surface area contributed by atoms with Crippen molar-refractivity contribution in [2.24, 2.45) is 0 Å². The third-order valence-corrected chi connectivity index (χ3v) is 5.65. The Kier molecular flexibility index (Phi) is 5.17. The van der Waals surface area contributed by atoms with E-state index in [2.05, 4.69) is 36.6 Å². The van der Waals surface area contributed by atoms with Gasteiger partial charge in [-0.25, -0.2) is 9.18 Å². The Morgan fingerprint density at radius 3 is 2.31 bits per heavy atom. The summed E-state index contributed by atoms with van der Waals surface area (Å²) in [6, 6.07) is 14.4. The largest absolute Gasteiger partial charge is 0.423 e. The summed E-state index contributed by atoms with van der Waals surface area (Å²) in [5.41, 5.74) is 3.65. The molecule has 0 amide bonds. The van der Waals surface area contributed by atoms with Crippen molar-refractivity contribution in [1.82, 2.24) is 4.90 Å². The number of fused-ring (bicyclic) bond motifs is 1. The predicted molar refractivity (Wildman–Crippen MR) is 115 cm³/mol. The van der Waals surface area contributed by atoms with Crippen molar-refractivity contribution in [3.05, 3.63) is 75.9 Å². The van der Waals surface area contributed by atoms with Crippen molar-refractivity contribution in [2.75, 3.05) is 31.1 Å². The third kappa shape index (κ3) is 4.35. The summed E-state index contributed by atoms with van der Waals surface area (Å²) < 4.78 is 18.6. The Hall–Kier alpha value is -2.66. The Morgan fingerprint density at radius 1 is 0.966 bits per heavy atom. The lowest BCUT2D eigenvalue weighted by Crippen LogP contribution is -2.46. The fourth-order valence-electron chi connectivity index (χ4n) is 3.88. The van der Waals surface area contributed by atoms with Gasteiger partial charge in [0.25, 0.3) is 0 Å². The lowest BCUT2D eigenvalue weighted by atomic mass is 9.86. The van der Waals surface area contributed by atoms with E-state index in [1.165, 1.54) is 17.7 Å². The molecule has 1 aromatic heterocycles. The van der Waals surface area contributed by atoms with E-state index in [1.807, 2.05) is 24.3 Å². The Labute approximate surface area is 170 Å². The second-order valence-corrected chi connectivity index (χ2v) is 8.79. The summed E-state index contributed by atoms with van der Waals surface area (Å²) in [4.78, 5) is 16.7. The molecule has 0 aliphatic carbocycles. The van der Waals surface area contributed by atoms with Gasteiger partial charge in [0.1, 0.15) is 11.4 Å².